The van der Waals surface area contributed by atoms with Crippen LogP contribution in [0.2, 0.25) is 0 Å². The van der Waals surface area contributed by atoms with Gasteiger partial charge in [0.25, 0.3) is 0 Å². The van der Waals surface area contributed by atoms with E-state index in [9.17, 15) is 0 Å². The van der Waals surface area contributed by atoms with E-state index in [0.717, 1.165) is 66.5 Å². The summed E-state index contributed by atoms with van der Waals surface area (Å²) < 4.78 is 9.27. The normalized spacial score (nSPS) is 11.8. The highest BCUT2D eigenvalue weighted by Gasteiger charge is 2.20. The van der Waals surface area contributed by atoms with Crippen molar-refractivity contribution in [2.75, 3.05) is 0 Å². The molecule has 0 spiro atoms. The van der Waals surface area contributed by atoms with Crippen LogP contribution in [0.3, 0.4) is 0 Å². The molecule has 0 aliphatic carbocycles. The lowest BCUT2D eigenvalue weighted by Crippen LogP contribution is -2.00. The summed E-state index contributed by atoms with van der Waals surface area (Å²) in [5.74, 6) is 1.84. The lowest BCUT2D eigenvalue weighted by molar-refractivity contribution is 0.670. The van der Waals surface area contributed by atoms with Crippen molar-refractivity contribution >= 4 is 76.1 Å². The van der Waals surface area contributed by atoms with Crippen molar-refractivity contribution in [2.45, 2.75) is 0 Å². The molecule has 0 aliphatic rings. The fraction of sp³-hybridized carbons (Fsp3) is 0. The number of fused-ring (bicyclic) bond motifs is 12. The second-order valence-corrected chi connectivity index (χ2v) is 17.5. The summed E-state index contributed by atoms with van der Waals surface area (Å²) in [4.78, 5) is 14.9. The van der Waals surface area contributed by atoms with E-state index >= 15 is 0 Å². The van der Waals surface area contributed by atoms with Gasteiger partial charge in [0.05, 0.1) is 11.0 Å². The topological polar surface area (TPSA) is 56.7 Å². The second-order valence-electron chi connectivity index (χ2n) is 17.5. The molecule has 68 heavy (non-hydrogen) atoms. The fourth-order valence-electron chi connectivity index (χ4n) is 10.4. The zero-order valence-corrected chi connectivity index (χ0v) is 36.6. The average molecular weight is 867 g/mol. The SMILES string of the molecule is c1ccc(-c2nc(-c3ccccc3)nc(-c3ccc4c(c3)oc3c(-c5ccc6c(c5)c5ccc(-c7ccc8c9ccccc9c9ccccc9c8c7)cc5n6-c5ccccc5)cccc34)n2)cc1. The minimum atomic E-state index is 0.589. The van der Waals surface area contributed by atoms with E-state index in [1.807, 2.05) is 60.7 Å². The Morgan fingerprint density at radius 1 is 0.279 bits per heavy atom. The van der Waals surface area contributed by atoms with E-state index in [2.05, 4.69) is 174 Å². The molecule has 316 valence electrons. The van der Waals surface area contributed by atoms with Gasteiger partial charge in [0.1, 0.15) is 11.2 Å². The predicted octanol–water partition coefficient (Wildman–Crippen LogP) is 16.7. The Morgan fingerprint density at radius 2 is 0.765 bits per heavy atom. The molecule has 0 fully saturated rings. The Bertz CT molecular complexity index is 4210. The highest BCUT2D eigenvalue weighted by Crippen LogP contribution is 2.42. The quantitative estimate of drug-likeness (QED) is 0.156. The molecule has 0 amide bonds. The third-order valence-electron chi connectivity index (χ3n) is 13.6. The van der Waals surface area contributed by atoms with Gasteiger partial charge in [0.2, 0.25) is 0 Å². The molecule has 5 heteroatoms. The van der Waals surface area contributed by atoms with Crippen LogP contribution >= 0.6 is 0 Å². The summed E-state index contributed by atoms with van der Waals surface area (Å²) in [6, 6.07) is 81.8. The van der Waals surface area contributed by atoms with Gasteiger partial charge in [-0.25, -0.2) is 15.0 Å². The first kappa shape index (κ1) is 38.1. The van der Waals surface area contributed by atoms with Crippen molar-refractivity contribution in [3.05, 3.63) is 231 Å². The number of rotatable bonds is 6. The molecule has 0 saturated carbocycles. The van der Waals surface area contributed by atoms with Crippen molar-refractivity contribution < 1.29 is 4.42 Å². The van der Waals surface area contributed by atoms with Gasteiger partial charge in [-0.05, 0) is 97.5 Å². The Hall–Kier alpha value is -9.19. The Balaban J connectivity index is 0.903. The van der Waals surface area contributed by atoms with Crippen LogP contribution in [0.15, 0.2) is 235 Å². The van der Waals surface area contributed by atoms with Gasteiger partial charge in [-0.2, -0.15) is 0 Å². The predicted molar refractivity (Wildman–Crippen MR) is 281 cm³/mol. The third kappa shape index (κ3) is 6.06. The lowest BCUT2D eigenvalue weighted by atomic mass is 9.92. The van der Waals surface area contributed by atoms with E-state index in [-0.39, 0.29) is 0 Å². The van der Waals surface area contributed by atoms with Crippen molar-refractivity contribution in [1.82, 2.24) is 19.5 Å². The molecule has 11 aromatic carbocycles. The molecular formula is C63H38N4O. The van der Waals surface area contributed by atoms with Crippen LogP contribution in [0.5, 0.6) is 0 Å². The minimum absolute atomic E-state index is 0.589. The number of para-hydroxylation sites is 2. The van der Waals surface area contributed by atoms with Crippen molar-refractivity contribution in [2.24, 2.45) is 0 Å². The first-order chi connectivity index (χ1) is 33.7. The molecule has 14 aromatic rings. The van der Waals surface area contributed by atoms with E-state index in [0.29, 0.717) is 17.5 Å². The molecule has 0 radical (unpaired) electrons. The maximum atomic E-state index is 6.87. The zero-order valence-electron chi connectivity index (χ0n) is 36.6. The monoisotopic (exact) mass is 866 g/mol. The van der Waals surface area contributed by atoms with E-state index in [1.54, 1.807) is 0 Å². The van der Waals surface area contributed by atoms with Gasteiger partial charge in [-0.3, -0.25) is 0 Å². The maximum absolute atomic E-state index is 6.87. The van der Waals surface area contributed by atoms with Gasteiger partial charge >= 0.3 is 0 Å². The first-order valence-corrected chi connectivity index (χ1v) is 23.0. The standard InChI is InChI=1S/C63H38N4O/c1-4-15-39(16-5-1)61-64-62(40-17-6-2-7-18-40)66-63(65-61)44-29-33-53-54-26-14-25-46(60(54)68-59(53)38-44)43-30-34-57-56(36-43)52-32-28-42(37-58(52)67(57)45-19-8-3-9-20-45)41-27-31-51-49-23-11-10-21-47(49)48-22-12-13-24-50(48)55(51)35-41/h1-38H. The minimum Gasteiger partial charge on any atom is -0.455 e. The van der Waals surface area contributed by atoms with Gasteiger partial charge < -0.3 is 8.98 Å². The van der Waals surface area contributed by atoms with Gasteiger partial charge in [-0.15, -0.1) is 0 Å². The number of furan rings is 1. The number of nitrogens with zero attached hydrogens (tertiary/aromatic N) is 4. The highest BCUT2D eigenvalue weighted by atomic mass is 16.3. The van der Waals surface area contributed by atoms with Gasteiger partial charge in [-0.1, -0.05) is 182 Å². The molecular weight excluding hydrogens is 829 g/mol. The molecule has 3 aromatic heterocycles. The van der Waals surface area contributed by atoms with Crippen LogP contribution < -0.4 is 0 Å². The van der Waals surface area contributed by atoms with Crippen LogP contribution in [0.25, 0.3) is 138 Å². The summed E-state index contributed by atoms with van der Waals surface area (Å²) in [6.07, 6.45) is 0. The smallest absolute Gasteiger partial charge is 0.164 e. The first-order valence-electron chi connectivity index (χ1n) is 23.0. The molecule has 14 rings (SSSR count). The molecule has 0 aliphatic heterocycles. The summed E-state index contributed by atoms with van der Waals surface area (Å²) in [7, 11) is 0. The summed E-state index contributed by atoms with van der Waals surface area (Å²) in [6.45, 7) is 0. The molecule has 0 unspecified atom stereocenters. The van der Waals surface area contributed by atoms with E-state index < -0.39 is 0 Å². The van der Waals surface area contributed by atoms with Gasteiger partial charge in [0.15, 0.2) is 17.5 Å². The number of benzene rings is 11. The second kappa shape index (κ2) is 15.2. The van der Waals surface area contributed by atoms with Gasteiger partial charge in [0, 0.05) is 49.5 Å². The molecule has 0 N–H and O–H groups in total. The maximum Gasteiger partial charge on any atom is 0.164 e. The fourth-order valence-corrected chi connectivity index (χ4v) is 10.4. The largest absolute Gasteiger partial charge is 0.455 e. The van der Waals surface area contributed by atoms with Crippen LogP contribution in [0, 0.1) is 0 Å². The Labute approximate surface area is 390 Å². The Kier molecular flexibility index (Phi) is 8.52. The summed E-state index contributed by atoms with van der Waals surface area (Å²) in [5.41, 5.74) is 12.2. The lowest BCUT2D eigenvalue weighted by Gasteiger charge is -2.12. The Morgan fingerprint density at radius 3 is 1.43 bits per heavy atom. The summed E-state index contributed by atoms with van der Waals surface area (Å²) >= 11 is 0. The van der Waals surface area contributed by atoms with Crippen molar-refractivity contribution in [1.29, 1.82) is 0 Å². The molecule has 3 heterocycles. The number of hydrogen-bond donors (Lipinski definition) is 0. The van der Waals surface area contributed by atoms with E-state index in [4.69, 9.17) is 19.4 Å². The van der Waals surface area contributed by atoms with E-state index in [1.165, 1.54) is 54.2 Å². The van der Waals surface area contributed by atoms with Crippen LogP contribution in [-0.4, -0.2) is 19.5 Å². The molecule has 0 bridgehead atoms. The van der Waals surface area contributed by atoms with Crippen LogP contribution in [0.1, 0.15) is 0 Å². The molecule has 0 saturated heterocycles. The zero-order chi connectivity index (χ0) is 44.7. The number of aromatic nitrogens is 4. The van der Waals surface area contributed by atoms with Crippen molar-refractivity contribution in [3.8, 4) is 62.1 Å². The molecule has 0 atom stereocenters. The van der Waals surface area contributed by atoms with Crippen LogP contribution in [0.4, 0.5) is 0 Å². The molecule has 5 nitrogen and oxygen atoms in total. The van der Waals surface area contributed by atoms with Crippen LogP contribution in [-0.2, 0) is 0 Å². The summed E-state index contributed by atoms with van der Waals surface area (Å²) in [5, 5.41) is 12.1. The van der Waals surface area contributed by atoms with Crippen molar-refractivity contribution in [3.63, 3.8) is 0 Å². The third-order valence-corrected chi connectivity index (χ3v) is 13.6. The average Bonchev–Trinajstić information content (AvgIpc) is 3.96. The highest BCUT2D eigenvalue weighted by molar-refractivity contribution is 6.26. The number of hydrogen-bond acceptors (Lipinski definition) is 4.